The van der Waals surface area contributed by atoms with Crippen molar-refractivity contribution in [2.45, 2.75) is 57.9 Å². The fourth-order valence-electron chi connectivity index (χ4n) is 3.14. The molecule has 13 heteroatoms. The third kappa shape index (κ3) is 9.49. The Kier molecular flexibility index (Phi) is 10.8. The van der Waals surface area contributed by atoms with Gasteiger partial charge in [-0.15, -0.1) is 10.2 Å². The number of nitrogens with zero attached hydrogens (tertiary/aromatic N) is 3. The van der Waals surface area contributed by atoms with Gasteiger partial charge in [0.15, 0.2) is 5.82 Å². The Labute approximate surface area is 202 Å². The van der Waals surface area contributed by atoms with Crippen molar-refractivity contribution < 1.29 is 29.0 Å². The molecule has 3 atom stereocenters. The first kappa shape index (κ1) is 27.4. The molecule has 1 fully saturated rings. The largest absolute Gasteiger partial charge is 0.434 e. The van der Waals surface area contributed by atoms with Crippen molar-refractivity contribution in [3.05, 3.63) is 41.7 Å². The summed E-state index contributed by atoms with van der Waals surface area (Å²) >= 11 is 0. The van der Waals surface area contributed by atoms with Crippen LogP contribution in [-0.2, 0) is 25.5 Å². The first-order valence-corrected chi connectivity index (χ1v) is 11.2. The predicted octanol–water partition coefficient (Wildman–Crippen LogP) is -0.540. The third-order valence-corrected chi connectivity index (χ3v) is 4.87. The van der Waals surface area contributed by atoms with Crippen molar-refractivity contribution in [3.8, 4) is 0 Å². The van der Waals surface area contributed by atoms with Crippen molar-refractivity contribution in [1.29, 1.82) is 0 Å². The summed E-state index contributed by atoms with van der Waals surface area (Å²) in [5, 5.41) is 30.4. The number of hydrogen-bond acceptors (Lipinski definition) is 9. The van der Waals surface area contributed by atoms with Crippen molar-refractivity contribution in [2.75, 3.05) is 7.05 Å². The van der Waals surface area contributed by atoms with Crippen LogP contribution in [0.5, 0.6) is 0 Å². The molecule has 1 aliphatic rings. The number of likely N-dealkylation sites (N-methyl/N-ethyl adjacent to an activating group) is 1. The van der Waals surface area contributed by atoms with E-state index in [2.05, 4.69) is 41.3 Å². The fraction of sp³-hybridized carbons (Fsp3) is 0.500. The number of aromatic nitrogens is 4. The topological polar surface area (TPSA) is 188 Å². The molecule has 5 N–H and O–H groups in total. The number of H-pyrrole nitrogens is 1. The summed E-state index contributed by atoms with van der Waals surface area (Å²) in [5.41, 5.74) is 0.506. The molecular formula is C22H31N7O6. The Bertz CT molecular complexity index is 968. The number of tetrazole rings is 1. The SMILES string of the molecule is CC(C)CC(=O)N[C@H]1CC(=O)OC1O.CNC(=O)[C@H](CCc1nn[nH]n1)NC(=O)c1ccccc1. The summed E-state index contributed by atoms with van der Waals surface area (Å²) in [4.78, 5) is 46.0. The van der Waals surface area contributed by atoms with Crippen molar-refractivity contribution >= 4 is 23.7 Å². The monoisotopic (exact) mass is 489 g/mol. The van der Waals surface area contributed by atoms with Gasteiger partial charge in [0.05, 0.1) is 6.42 Å². The average Bonchev–Trinajstić information content (AvgIpc) is 3.45. The number of benzene rings is 1. The smallest absolute Gasteiger partial charge is 0.310 e. The van der Waals surface area contributed by atoms with E-state index in [4.69, 9.17) is 0 Å². The maximum atomic E-state index is 12.1. The molecule has 1 saturated heterocycles. The van der Waals surface area contributed by atoms with Crippen LogP contribution in [0.25, 0.3) is 0 Å². The van der Waals surface area contributed by atoms with E-state index in [1.165, 1.54) is 7.05 Å². The number of aliphatic hydroxyl groups excluding tert-OH is 1. The van der Waals surface area contributed by atoms with Crippen LogP contribution in [0.4, 0.5) is 0 Å². The minimum atomic E-state index is -1.20. The van der Waals surface area contributed by atoms with E-state index in [1.54, 1.807) is 24.3 Å². The molecule has 1 aromatic carbocycles. The summed E-state index contributed by atoms with van der Waals surface area (Å²) in [7, 11) is 1.53. The van der Waals surface area contributed by atoms with Gasteiger partial charge < -0.3 is 25.8 Å². The zero-order valence-electron chi connectivity index (χ0n) is 19.9. The zero-order valence-corrected chi connectivity index (χ0v) is 19.9. The molecule has 0 radical (unpaired) electrons. The molecule has 13 nitrogen and oxygen atoms in total. The lowest BCUT2D eigenvalue weighted by Gasteiger charge is -2.16. The van der Waals surface area contributed by atoms with E-state index in [0.717, 1.165) is 0 Å². The number of nitrogens with one attached hydrogen (secondary N) is 4. The molecule has 1 unspecified atom stereocenters. The molecule has 1 aliphatic heterocycles. The molecule has 2 aromatic rings. The Balaban J connectivity index is 0.000000269. The van der Waals surface area contributed by atoms with Gasteiger partial charge in [0, 0.05) is 25.5 Å². The van der Waals surface area contributed by atoms with E-state index in [0.29, 0.717) is 30.7 Å². The van der Waals surface area contributed by atoms with Crippen LogP contribution in [0, 0.1) is 5.92 Å². The first-order chi connectivity index (χ1) is 16.7. The number of carbonyl (C=O) groups excluding carboxylic acids is 4. The summed E-state index contributed by atoms with van der Waals surface area (Å²) in [6.45, 7) is 3.85. The van der Waals surface area contributed by atoms with Crippen molar-refractivity contribution in [3.63, 3.8) is 0 Å². The molecule has 0 saturated carbocycles. The molecule has 3 amide bonds. The summed E-state index contributed by atoms with van der Waals surface area (Å²) in [6.07, 6.45) is 0.0581. The van der Waals surface area contributed by atoms with E-state index in [-0.39, 0.29) is 30.1 Å². The molecule has 0 spiro atoms. The normalized spacial score (nSPS) is 17.6. The van der Waals surface area contributed by atoms with Gasteiger partial charge in [0.2, 0.25) is 18.1 Å². The van der Waals surface area contributed by atoms with E-state index < -0.39 is 24.3 Å². The number of carbonyl (C=O) groups is 4. The average molecular weight is 490 g/mol. The number of esters is 1. The Morgan fingerprint density at radius 1 is 1.23 bits per heavy atom. The highest BCUT2D eigenvalue weighted by molar-refractivity contribution is 5.97. The summed E-state index contributed by atoms with van der Waals surface area (Å²) in [6, 6.07) is 7.50. The van der Waals surface area contributed by atoms with E-state index in [1.807, 2.05) is 19.9 Å². The maximum absolute atomic E-state index is 12.1. The molecule has 0 bridgehead atoms. The van der Waals surface area contributed by atoms with Gasteiger partial charge in [-0.1, -0.05) is 37.3 Å². The highest BCUT2D eigenvalue weighted by Crippen LogP contribution is 2.13. The number of aliphatic hydroxyl groups is 1. The standard InChI is InChI=1S/C13H16N6O2.C9H15NO4/c1-14-13(21)10(7-8-11-16-18-19-17-11)15-12(20)9-5-3-2-4-6-9;1-5(2)3-7(11)10-6-4-8(12)14-9(6)13/h2-6,10H,7-8H2,1H3,(H,14,21)(H,15,20)(H,16,17,18,19);5-6,9,13H,3-4H2,1-2H3,(H,10,11)/t10-;6-,9?/m00/s1. The number of hydrogen-bond donors (Lipinski definition) is 5. The van der Waals surface area contributed by atoms with Crippen molar-refractivity contribution in [2.24, 2.45) is 5.92 Å². The van der Waals surface area contributed by atoms with Crippen LogP contribution in [0.15, 0.2) is 30.3 Å². The van der Waals surface area contributed by atoms with Gasteiger partial charge in [0.1, 0.15) is 12.1 Å². The maximum Gasteiger partial charge on any atom is 0.310 e. The Morgan fingerprint density at radius 2 is 1.94 bits per heavy atom. The lowest BCUT2D eigenvalue weighted by atomic mass is 10.1. The Morgan fingerprint density at radius 3 is 2.49 bits per heavy atom. The molecule has 1 aromatic heterocycles. The van der Waals surface area contributed by atoms with Crippen LogP contribution >= 0.6 is 0 Å². The molecular weight excluding hydrogens is 458 g/mol. The van der Waals surface area contributed by atoms with E-state index in [9.17, 15) is 24.3 Å². The third-order valence-electron chi connectivity index (χ3n) is 4.87. The van der Waals surface area contributed by atoms with Crippen LogP contribution < -0.4 is 16.0 Å². The fourth-order valence-corrected chi connectivity index (χ4v) is 3.14. The Hall–Kier alpha value is -3.87. The predicted molar refractivity (Wildman–Crippen MR) is 122 cm³/mol. The minimum Gasteiger partial charge on any atom is -0.434 e. The number of amides is 3. The van der Waals surface area contributed by atoms with Gasteiger partial charge in [-0.3, -0.25) is 19.2 Å². The molecule has 0 aliphatic carbocycles. The van der Waals surface area contributed by atoms with E-state index >= 15 is 0 Å². The number of aromatic amines is 1. The highest BCUT2D eigenvalue weighted by Gasteiger charge is 2.34. The van der Waals surface area contributed by atoms with Gasteiger partial charge in [-0.25, -0.2) is 0 Å². The van der Waals surface area contributed by atoms with Gasteiger partial charge in [-0.05, 0) is 24.5 Å². The second-order valence-electron chi connectivity index (χ2n) is 8.23. The highest BCUT2D eigenvalue weighted by atomic mass is 16.6. The summed E-state index contributed by atoms with van der Waals surface area (Å²) in [5.74, 6) is -0.446. The zero-order chi connectivity index (χ0) is 25.8. The second-order valence-corrected chi connectivity index (χ2v) is 8.23. The van der Waals surface area contributed by atoms with Crippen LogP contribution in [0.1, 0.15) is 49.3 Å². The number of aryl methyl sites for hydroxylation is 1. The van der Waals surface area contributed by atoms with Crippen LogP contribution in [-0.4, -0.2) is 74.8 Å². The lowest BCUT2D eigenvalue weighted by molar-refractivity contribution is -0.155. The van der Waals surface area contributed by atoms with Gasteiger partial charge >= 0.3 is 5.97 Å². The minimum absolute atomic E-state index is 0.0466. The number of cyclic esters (lactones) is 1. The summed E-state index contributed by atoms with van der Waals surface area (Å²) < 4.78 is 4.48. The molecule has 35 heavy (non-hydrogen) atoms. The lowest BCUT2D eigenvalue weighted by Crippen LogP contribution is -2.46. The number of ether oxygens (including phenoxy) is 1. The van der Waals surface area contributed by atoms with Crippen molar-refractivity contribution in [1.82, 2.24) is 36.6 Å². The van der Waals surface area contributed by atoms with Gasteiger partial charge in [0.25, 0.3) is 5.91 Å². The first-order valence-electron chi connectivity index (χ1n) is 11.2. The van der Waals surface area contributed by atoms with Crippen LogP contribution in [0.3, 0.4) is 0 Å². The van der Waals surface area contributed by atoms with Crippen LogP contribution in [0.2, 0.25) is 0 Å². The quantitative estimate of drug-likeness (QED) is 0.288. The molecule has 2 heterocycles. The second kappa shape index (κ2) is 13.7. The molecule has 190 valence electrons. The molecule has 3 rings (SSSR count). The van der Waals surface area contributed by atoms with Gasteiger partial charge in [-0.2, -0.15) is 5.21 Å². The number of rotatable bonds is 9.